The van der Waals surface area contributed by atoms with Gasteiger partial charge in [0, 0.05) is 11.9 Å². The van der Waals surface area contributed by atoms with Gasteiger partial charge in [0.2, 0.25) is 11.8 Å². The molecule has 4 N–H and O–H groups in total. The van der Waals surface area contributed by atoms with Gasteiger partial charge >= 0.3 is 0 Å². The van der Waals surface area contributed by atoms with Crippen LogP contribution in [0.15, 0.2) is 36.4 Å². The van der Waals surface area contributed by atoms with E-state index in [-0.39, 0.29) is 24.3 Å². The Hall–Kier alpha value is -3.04. The largest absolute Gasteiger partial charge is 0.383 e. The predicted octanol–water partition coefficient (Wildman–Crippen LogP) is 1.18. The third-order valence-electron chi connectivity index (χ3n) is 5.61. The van der Waals surface area contributed by atoms with E-state index in [1.807, 2.05) is 43.3 Å². The summed E-state index contributed by atoms with van der Waals surface area (Å²) >= 11 is 0. The number of nitrogens with zero attached hydrogens (tertiary/aromatic N) is 2. The van der Waals surface area contributed by atoms with E-state index in [1.54, 1.807) is 13.8 Å². The lowest BCUT2D eigenvalue weighted by atomic mass is 10.1. The third kappa shape index (κ3) is 5.60. The summed E-state index contributed by atoms with van der Waals surface area (Å²) in [5, 5.41) is 17.5. The summed E-state index contributed by atoms with van der Waals surface area (Å²) in [5.41, 5.74) is 4.59. The summed E-state index contributed by atoms with van der Waals surface area (Å²) < 4.78 is 0. The topological polar surface area (TPSA) is 124 Å². The number of nitrogens with one attached hydrogen (secondary N) is 3. The van der Waals surface area contributed by atoms with Gasteiger partial charge in [0.1, 0.15) is 18.2 Å². The van der Waals surface area contributed by atoms with Crippen LogP contribution < -0.4 is 16.1 Å². The summed E-state index contributed by atoms with van der Waals surface area (Å²) in [6.45, 7) is 5.54. The van der Waals surface area contributed by atoms with Crippen LogP contribution in [0.5, 0.6) is 0 Å². The molecular formula is C23H31N5O4. The van der Waals surface area contributed by atoms with E-state index in [0.29, 0.717) is 19.4 Å². The molecule has 3 amide bonds. The van der Waals surface area contributed by atoms with Crippen molar-refractivity contribution in [1.29, 1.82) is 0 Å². The molecule has 0 spiro atoms. The molecule has 2 heterocycles. The molecule has 0 bridgehead atoms. The number of para-hydroxylation sites is 1. The van der Waals surface area contributed by atoms with Crippen LogP contribution in [0.4, 0.5) is 0 Å². The standard InChI is InChI=1S/C23H31N5O4/c1-4-20(29)22(31)25-15(3)23(32)28-13-7-10-19(27-28)21(30)24-14(2)17-12-11-16-8-5-6-9-18(16)26-17/h5-6,8-9,11-12,14-15,19-20,27,29H,4,7,10,13H2,1-3H3,(H,24,30)(H,25,31). The fourth-order valence-electron chi connectivity index (χ4n) is 3.64. The smallest absolute Gasteiger partial charge is 0.258 e. The summed E-state index contributed by atoms with van der Waals surface area (Å²) in [5.74, 6) is -1.16. The number of rotatable bonds is 7. The van der Waals surface area contributed by atoms with Crippen LogP contribution in [0.3, 0.4) is 0 Å². The van der Waals surface area contributed by atoms with Crippen LogP contribution in [0.25, 0.3) is 10.9 Å². The van der Waals surface area contributed by atoms with Crippen LogP contribution in [0.1, 0.15) is 51.8 Å². The minimum absolute atomic E-state index is 0.219. The zero-order chi connectivity index (χ0) is 23.3. The molecule has 3 rings (SSSR count). The van der Waals surface area contributed by atoms with Gasteiger partial charge in [0.05, 0.1) is 17.3 Å². The first-order valence-corrected chi connectivity index (χ1v) is 11.0. The average Bonchev–Trinajstić information content (AvgIpc) is 2.82. The molecule has 1 saturated heterocycles. The van der Waals surface area contributed by atoms with Crippen molar-refractivity contribution in [3.63, 3.8) is 0 Å². The monoisotopic (exact) mass is 441 g/mol. The quantitative estimate of drug-likeness (QED) is 0.512. The number of fused-ring (bicyclic) bond motifs is 1. The second kappa shape index (κ2) is 10.5. The number of aromatic nitrogens is 1. The first kappa shape index (κ1) is 23.6. The maximum Gasteiger partial charge on any atom is 0.258 e. The molecule has 172 valence electrons. The Morgan fingerprint density at radius 2 is 1.94 bits per heavy atom. The Balaban J connectivity index is 1.58. The van der Waals surface area contributed by atoms with E-state index in [4.69, 9.17) is 0 Å². The molecule has 0 aliphatic carbocycles. The molecule has 0 radical (unpaired) electrons. The van der Waals surface area contributed by atoms with Gasteiger partial charge in [-0.05, 0) is 45.2 Å². The van der Waals surface area contributed by atoms with Crippen molar-refractivity contribution < 1.29 is 19.5 Å². The first-order valence-electron chi connectivity index (χ1n) is 11.0. The van der Waals surface area contributed by atoms with Gasteiger partial charge < -0.3 is 15.7 Å². The van der Waals surface area contributed by atoms with E-state index < -0.39 is 24.1 Å². The van der Waals surface area contributed by atoms with Crippen molar-refractivity contribution in [2.24, 2.45) is 0 Å². The van der Waals surface area contributed by atoms with Gasteiger partial charge in [0.15, 0.2) is 0 Å². The third-order valence-corrected chi connectivity index (χ3v) is 5.61. The summed E-state index contributed by atoms with van der Waals surface area (Å²) in [6.07, 6.45) is 0.352. The average molecular weight is 442 g/mol. The fraction of sp³-hybridized carbons (Fsp3) is 0.478. The van der Waals surface area contributed by atoms with E-state index >= 15 is 0 Å². The molecule has 4 unspecified atom stereocenters. The van der Waals surface area contributed by atoms with Gasteiger partial charge in [-0.1, -0.05) is 31.2 Å². The zero-order valence-electron chi connectivity index (χ0n) is 18.7. The zero-order valence-corrected chi connectivity index (χ0v) is 18.7. The van der Waals surface area contributed by atoms with Gasteiger partial charge in [0.25, 0.3) is 5.91 Å². The number of carbonyl (C=O) groups is 3. The number of carbonyl (C=O) groups excluding carboxylic acids is 3. The summed E-state index contributed by atoms with van der Waals surface area (Å²) in [7, 11) is 0. The highest BCUT2D eigenvalue weighted by Gasteiger charge is 2.31. The molecule has 0 saturated carbocycles. The molecule has 4 atom stereocenters. The molecule has 1 aromatic heterocycles. The van der Waals surface area contributed by atoms with Crippen molar-refractivity contribution >= 4 is 28.6 Å². The minimum atomic E-state index is -1.15. The van der Waals surface area contributed by atoms with Crippen LogP contribution in [0, 0.1) is 0 Å². The molecule has 2 aromatic rings. The Morgan fingerprint density at radius 3 is 2.69 bits per heavy atom. The Labute approximate surface area is 187 Å². The number of aliphatic hydroxyl groups excluding tert-OH is 1. The summed E-state index contributed by atoms with van der Waals surface area (Å²) in [6, 6.07) is 9.98. The molecule has 1 fully saturated rings. The molecular weight excluding hydrogens is 410 g/mol. The van der Waals surface area contributed by atoms with E-state index in [2.05, 4.69) is 21.0 Å². The van der Waals surface area contributed by atoms with Crippen LogP contribution in [-0.4, -0.2) is 57.6 Å². The molecule has 32 heavy (non-hydrogen) atoms. The van der Waals surface area contributed by atoms with E-state index in [1.165, 1.54) is 5.01 Å². The Morgan fingerprint density at radius 1 is 1.19 bits per heavy atom. The van der Waals surface area contributed by atoms with Crippen LogP contribution in [0.2, 0.25) is 0 Å². The lowest BCUT2D eigenvalue weighted by Crippen LogP contribution is -2.61. The van der Waals surface area contributed by atoms with Crippen LogP contribution in [-0.2, 0) is 14.4 Å². The number of hydrogen-bond donors (Lipinski definition) is 4. The van der Waals surface area contributed by atoms with E-state index in [0.717, 1.165) is 16.6 Å². The highest BCUT2D eigenvalue weighted by Crippen LogP contribution is 2.17. The molecule has 9 nitrogen and oxygen atoms in total. The Bertz CT molecular complexity index is 982. The van der Waals surface area contributed by atoms with Crippen molar-refractivity contribution in [3.05, 3.63) is 42.1 Å². The van der Waals surface area contributed by atoms with E-state index in [9.17, 15) is 19.5 Å². The second-order valence-electron chi connectivity index (χ2n) is 8.13. The lowest BCUT2D eigenvalue weighted by molar-refractivity contribution is -0.144. The number of pyridine rings is 1. The molecule has 1 aliphatic rings. The minimum Gasteiger partial charge on any atom is -0.383 e. The first-order chi connectivity index (χ1) is 15.3. The van der Waals surface area contributed by atoms with Gasteiger partial charge in [-0.2, -0.15) is 0 Å². The van der Waals surface area contributed by atoms with Crippen molar-refractivity contribution in [2.75, 3.05) is 6.54 Å². The molecule has 1 aromatic carbocycles. The van der Waals surface area contributed by atoms with Gasteiger partial charge in [-0.3, -0.25) is 24.4 Å². The second-order valence-corrected chi connectivity index (χ2v) is 8.13. The number of hydrazine groups is 1. The van der Waals surface area contributed by atoms with Gasteiger partial charge in [-0.15, -0.1) is 0 Å². The SMILES string of the molecule is CCC(O)C(=O)NC(C)C(=O)N1CCCC(C(=O)NC(C)c2ccc3ccccc3n2)N1. The fourth-order valence-corrected chi connectivity index (χ4v) is 3.64. The predicted molar refractivity (Wildman–Crippen MR) is 120 cm³/mol. The molecule has 9 heteroatoms. The van der Waals surface area contributed by atoms with Crippen molar-refractivity contribution in [2.45, 2.75) is 64.3 Å². The number of hydrogen-bond acceptors (Lipinski definition) is 6. The normalized spacial score (nSPS) is 19.1. The molecule has 1 aliphatic heterocycles. The highest BCUT2D eigenvalue weighted by molar-refractivity contribution is 5.89. The summed E-state index contributed by atoms with van der Waals surface area (Å²) in [4.78, 5) is 42.0. The Kier molecular flexibility index (Phi) is 7.76. The number of amides is 3. The van der Waals surface area contributed by atoms with Gasteiger partial charge in [-0.25, -0.2) is 5.43 Å². The number of aliphatic hydroxyl groups is 1. The highest BCUT2D eigenvalue weighted by atomic mass is 16.3. The van der Waals surface area contributed by atoms with Crippen molar-refractivity contribution in [1.82, 2.24) is 26.1 Å². The maximum absolute atomic E-state index is 12.8. The van der Waals surface area contributed by atoms with Crippen LogP contribution >= 0.6 is 0 Å². The maximum atomic E-state index is 12.8. The number of benzene rings is 1. The lowest BCUT2D eigenvalue weighted by Gasteiger charge is -2.35. The van der Waals surface area contributed by atoms with Crippen molar-refractivity contribution in [3.8, 4) is 0 Å².